The molecule has 8 nitrogen and oxygen atoms in total. The lowest BCUT2D eigenvalue weighted by atomic mass is 9.90. The SMILES string of the molecule is CCCC=C(c1nc(NC2CCCC(N(C)Cc3ccc(NC(=O)C=CCN(C)C)cn3)C2)ncc1Cl)C(C)C. The van der Waals surface area contributed by atoms with E-state index >= 15 is 0 Å². The van der Waals surface area contributed by atoms with Crippen LogP contribution in [0, 0.1) is 5.92 Å². The lowest BCUT2D eigenvalue weighted by Crippen LogP contribution is -2.40. The fourth-order valence-electron chi connectivity index (χ4n) is 4.95. The number of rotatable bonds is 13. The molecule has 0 bridgehead atoms. The van der Waals surface area contributed by atoms with Crippen LogP contribution in [0.4, 0.5) is 11.6 Å². The Morgan fingerprint density at radius 3 is 2.65 bits per heavy atom. The quantitative estimate of drug-likeness (QED) is 0.276. The van der Waals surface area contributed by atoms with Gasteiger partial charge in [0.05, 0.1) is 34.5 Å². The molecule has 1 aliphatic carbocycles. The van der Waals surface area contributed by atoms with Gasteiger partial charge in [-0.05, 0) is 76.9 Å². The van der Waals surface area contributed by atoms with Gasteiger partial charge in [0.25, 0.3) is 0 Å². The molecule has 2 N–H and O–H groups in total. The van der Waals surface area contributed by atoms with Crippen molar-refractivity contribution in [2.24, 2.45) is 5.92 Å². The normalized spacial score (nSPS) is 18.2. The van der Waals surface area contributed by atoms with E-state index in [-0.39, 0.29) is 5.91 Å². The summed E-state index contributed by atoms with van der Waals surface area (Å²) in [4.78, 5) is 30.4. The number of anilines is 2. The zero-order valence-electron chi connectivity index (χ0n) is 25.0. The van der Waals surface area contributed by atoms with Crippen LogP contribution < -0.4 is 10.6 Å². The third-order valence-corrected chi connectivity index (χ3v) is 7.42. The number of allylic oxidation sites excluding steroid dienone is 2. The minimum absolute atomic E-state index is 0.150. The van der Waals surface area contributed by atoms with Crippen molar-refractivity contribution in [1.82, 2.24) is 24.8 Å². The molecule has 2 aromatic heterocycles. The summed E-state index contributed by atoms with van der Waals surface area (Å²) in [6.07, 6.45) is 15.6. The lowest BCUT2D eigenvalue weighted by molar-refractivity contribution is -0.111. The molecule has 9 heteroatoms. The first-order valence-corrected chi connectivity index (χ1v) is 14.8. The summed E-state index contributed by atoms with van der Waals surface area (Å²) in [5.74, 6) is 0.832. The van der Waals surface area contributed by atoms with Crippen molar-refractivity contribution in [3.63, 3.8) is 0 Å². The zero-order chi connectivity index (χ0) is 29.1. The molecule has 2 atom stereocenters. The molecule has 2 unspecified atom stereocenters. The van der Waals surface area contributed by atoms with Crippen LogP contribution in [0.1, 0.15) is 70.7 Å². The van der Waals surface area contributed by atoms with Gasteiger partial charge < -0.3 is 15.5 Å². The predicted molar refractivity (Wildman–Crippen MR) is 166 cm³/mol. The van der Waals surface area contributed by atoms with Crippen LogP contribution in [-0.2, 0) is 11.3 Å². The number of hydrogen-bond donors (Lipinski definition) is 2. The maximum absolute atomic E-state index is 12.1. The molecule has 0 aliphatic heterocycles. The van der Waals surface area contributed by atoms with Crippen molar-refractivity contribution < 1.29 is 4.79 Å². The largest absolute Gasteiger partial charge is 0.351 e. The summed E-state index contributed by atoms with van der Waals surface area (Å²) in [5, 5.41) is 7.06. The van der Waals surface area contributed by atoms with E-state index in [1.54, 1.807) is 18.5 Å². The number of carbonyl (C=O) groups excluding carboxylic acids is 1. The molecule has 1 aliphatic rings. The second kappa shape index (κ2) is 15.8. The Morgan fingerprint density at radius 2 is 1.98 bits per heavy atom. The number of amides is 1. The van der Waals surface area contributed by atoms with E-state index in [1.165, 1.54) is 5.57 Å². The van der Waals surface area contributed by atoms with E-state index in [0.29, 0.717) is 34.7 Å². The van der Waals surface area contributed by atoms with Gasteiger partial charge in [-0.2, -0.15) is 0 Å². The molecule has 3 rings (SSSR count). The predicted octanol–water partition coefficient (Wildman–Crippen LogP) is 6.28. The monoisotopic (exact) mass is 567 g/mol. The van der Waals surface area contributed by atoms with Crippen LogP contribution in [0.5, 0.6) is 0 Å². The molecule has 1 fully saturated rings. The van der Waals surface area contributed by atoms with Crippen LogP contribution >= 0.6 is 11.6 Å². The summed E-state index contributed by atoms with van der Waals surface area (Å²) < 4.78 is 0. The Kier molecular flexibility index (Phi) is 12.6. The van der Waals surface area contributed by atoms with Gasteiger partial charge in [-0.1, -0.05) is 50.9 Å². The molecule has 218 valence electrons. The van der Waals surface area contributed by atoms with Crippen molar-refractivity contribution in [3.05, 3.63) is 59.2 Å². The Hall–Kier alpha value is -2.81. The van der Waals surface area contributed by atoms with Gasteiger partial charge in [-0.25, -0.2) is 9.97 Å². The minimum Gasteiger partial charge on any atom is -0.351 e. The average molecular weight is 568 g/mol. The molecule has 2 aromatic rings. The van der Waals surface area contributed by atoms with E-state index in [1.807, 2.05) is 37.2 Å². The number of pyridine rings is 1. The zero-order valence-corrected chi connectivity index (χ0v) is 25.7. The van der Waals surface area contributed by atoms with Crippen LogP contribution in [0.2, 0.25) is 5.02 Å². The molecule has 0 aromatic carbocycles. The van der Waals surface area contributed by atoms with Crippen molar-refractivity contribution in [1.29, 1.82) is 0 Å². The molecular formula is C31H46ClN7O. The van der Waals surface area contributed by atoms with E-state index in [9.17, 15) is 4.79 Å². The second-order valence-corrected chi connectivity index (χ2v) is 11.7. The van der Waals surface area contributed by atoms with Crippen molar-refractivity contribution in [2.45, 2.75) is 77.9 Å². The highest BCUT2D eigenvalue weighted by Gasteiger charge is 2.26. The van der Waals surface area contributed by atoms with Crippen molar-refractivity contribution in [3.8, 4) is 0 Å². The fraction of sp³-hybridized carbons (Fsp3) is 0.548. The third-order valence-electron chi connectivity index (χ3n) is 7.14. The molecule has 0 spiro atoms. The van der Waals surface area contributed by atoms with Crippen LogP contribution in [0.15, 0.2) is 42.8 Å². The van der Waals surface area contributed by atoms with Gasteiger partial charge in [-0.3, -0.25) is 14.7 Å². The first-order chi connectivity index (χ1) is 19.2. The minimum atomic E-state index is -0.150. The summed E-state index contributed by atoms with van der Waals surface area (Å²) in [6, 6.07) is 4.62. The van der Waals surface area contributed by atoms with Gasteiger partial charge >= 0.3 is 0 Å². The number of hydrogen-bond acceptors (Lipinski definition) is 7. The van der Waals surface area contributed by atoms with Crippen LogP contribution in [0.25, 0.3) is 5.57 Å². The van der Waals surface area contributed by atoms with Gasteiger partial charge in [0.1, 0.15) is 0 Å². The smallest absolute Gasteiger partial charge is 0.248 e. The Morgan fingerprint density at radius 1 is 1.18 bits per heavy atom. The number of nitrogens with zero attached hydrogens (tertiary/aromatic N) is 5. The molecular weight excluding hydrogens is 522 g/mol. The van der Waals surface area contributed by atoms with E-state index < -0.39 is 0 Å². The van der Waals surface area contributed by atoms with E-state index in [4.69, 9.17) is 16.6 Å². The van der Waals surface area contributed by atoms with Gasteiger partial charge in [0, 0.05) is 31.2 Å². The number of likely N-dealkylation sites (N-methyl/N-ethyl adjacent to an activating group) is 1. The third kappa shape index (κ3) is 9.98. The first-order valence-electron chi connectivity index (χ1n) is 14.4. The lowest BCUT2D eigenvalue weighted by Gasteiger charge is -2.35. The number of halogens is 1. The number of nitrogens with one attached hydrogen (secondary N) is 2. The van der Waals surface area contributed by atoms with Gasteiger partial charge in [0.15, 0.2) is 0 Å². The summed E-state index contributed by atoms with van der Waals surface area (Å²) >= 11 is 6.53. The number of aromatic nitrogens is 3. The fourth-order valence-corrected chi connectivity index (χ4v) is 5.15. The highest BCUT2D eigenvalue weighted by molar-refractivity contribution is 6.32. The highest BCUT2D eigenvalue weighted by atomic mass is 35.5. The molecule has 0 radical (unpaired) electrons. The van der Waals surface area contributed by atoms with E-state index in [0.717, 1.165) is 63.0 Å². The summed E-state index contributed by atoms with van der Waals surface area (Å²) in [7, 11) is 6.08. The Bertz CT molecular complexity index is 1150. The van der Waals surface area contributed by atoms with Crippen LogP contribution in [0.3, 0.4) is 0 Å². The summed E-state index contributed by atoms with van der Waals surface area (Å²) in [5.41, 5.74) is 3.68. The number of unbranched alkanes of at least 4 members (excludes halogenated alkanes) is 1. The Labute approximate surface area is 245 Å². The number of carbonyl (C=O) groups is 1. The highest BCUT2D eigenvalue weighted by Crippen LogP contribution is 2.30. The molecule has 0 saturated heterocycles. The van der Waals surface area contributed by atoms with Crippen molar-refractivity contribution >= 4 is 34.7 Å². The van der Waals surface area contributed by atoms with Gasteiger partial charge in [-0.15, -0.1) is 0 Å². The topological polar surface area (TPSA) is 86.3 Å². The summed E-state index contributed by atoms with van der Waals surface area (Å²) in [6.45, 7) is 8.00. The average Bonchev–Trinajstić information content (AvgIpc) is 2.91. The van der Waals surface area contributed by atoms with Crippen LogP contribution in [-0.4, -0.2) is 70.4 Å². The molecule has 1 saturated carbocycles. The van der Waals surface area contributed by atoms with E-state index in [2.05, 4.69) is 59.4 Å². The molecule has 40 heavy (non-hydrogen) atoms. The Balaban J connectivity index is 1.57. The second-order valence-electron chi connectivity index (χ2n) is 11.3. The molecule has 2 heterocycles. The standard InChI is InChI=1S/C31H46ClN7O/c1-7-8-13-27(22(2)3)30-28(32)20-34-31(37-30)36-23-11-9-12-26(18-23)39(6)21-25-16-15-24(19-33-25)35-29(40)14-10-17-38(4)5/h10,13-16,19-20,22-23,26H,7-9,11-12,17-18,21H2,1-6H3,(H,35,40)(H,34,36,37). The first kappa shape index (κ1) is 31.7. The molecule has 1 amide bonds. The van der Waals surface area contributed by atoms with Gasteiger partial charge in [0.2, 0.25) is 11.9 Å². The van der Waals surface area contributed by atoms with Crippen molar-refractivity contribution in [2.75, 3.05) is 38.3 Å². The maximum atomic E-state index is 12.1. The maximum Gasteiger partial charge on any atom is 0.248 e.